The molecule has 5 nitrogen and oxygen atoms in total. The van der Waals surface area contributed by atoms with Crippen LogP contribution in [-0.4, -0.2) is 30.8 Å². The molecule has 1 aliphatic carbocycles. The third-order valence-corrected chi connectivity index (χ3v) is 5.52. The fourth-order valence-corrected chi connectivity index (χ4v) is 3.99. The number of esters is 1. The summed E-state index contributed by atoms with van der Waals surface area (Å²) < 4.78 is 5.11. The van der Waals surface area contributed by atoms with Crippen molar-refractivity contribution in [1.82, 2.24) is 0 Å². The Morgan fingerprint density at radius 2 is 1.71 bits per heavy atom. The summed E-state index contributed by atoms with van der Waals surface area (Å²) in [5, 5.41) is 0. The number of carbonyl (C=O) groups is 3. The molecule has 0 unspecified atom stereocenters. The quantitative estimate of drug-likeness (QED) is 0.573. The molecule has 0 radical (unpaired) electrons. The predicted molar refractivity (Wildman–Crippen MR) is 105 cm³/mol. The molecule has 0 atom stereocenters. The Bertz CT molecular complexity index is 934. The van der Waals surface area contributed by atoms with Crippen LogP contribution in [0.25, 0.3) is 0 Å². The van der Waals surface area contributed by atoms with Crippen LogP contribution in [0, 0.1) is 0 Å². The highest BCUT2D eigenvalue weighted by Gasteiger charge is 2.25. The SMILES string of the molecule is O=C(CCC(=O)c1ccc2c(c1)CCC2)OCC(=O)N1CCc2ccccc21. The number of fused-ring (bicyclic) bond motifs is 2. The molecule has 0 saturated heterocycles. The number of para-hydroxylation sites is 1. The highest BCUT2D eigenvalue weighted by atomic mass is 16.5. The van der Waals surface area contributed by atoms with Gasteiger partial charge in [-0.3, -0.25) is 14.4 Å². The lowest BCUT2D eigenvalue weighted by Crippen LogP contribution is -2.33. The second-order valence-corrected chi connectivity index (χ2v) is 7.34. The topological polar surface area (TPSA) is 63.7 Å². The van der Waals surface area contributed by atoms with Crippen molar-refractivity contribution >= 4 is 23.3 Å². The van der Waals surface area contributed by atoms with Gasteiger partial charge >= 0.3 is 5.97 Å². The predicted octanol–water partition coefficient (Wildman–Crippen LogP) is 3.27. The Morgan fingerprint density at radius 1 is 0.893 bits per heavy atom. The van der Waals surface area contributed by atoms with E-state index in [1.807, 2.05) is 42.5 Å². The lowest BCUT2D eigenvalue weighted by molar-refractivity contribution is -0.147. The molecule has 0 aromatic heterocycles. The fraction of sp³-hybridized carbons (Fsp3) is 0.348. The van der Waals surface area contributed by atoms with Gasteiger partial charge < -0.3 is 9.64 Å². The number of ether oxygens (including phenoxy) is 1. The molecular weight excluding hydrogens is 354 g/mol. The Balaban J connectivity index is 1.25. The summed E-state index contributed by atoms with van der Waals surface area (Å²) in [4.78, 5) is 38.3. The minimum Gasteiger partial charge on any atom is -0.456 e. The smallest absolute Gasteiger partial charge is 0.306 e. The van der Waals surface area contributed by atoms with Crippen molar-refractivity contribution in [2.45, 2.75) is 38.5 Å². The van der Waals surface area contributed by atoms with Crippen LogP contribution in [0.5, 0.6) is 0 Å². The van der Waals surface area contributed by atoms with Gasteiger partial charge in [-0.05, 0) is 54.5 Å². The van der Waals surface area contributed by atoms with Crippen LogP contribution in [0.15, 0.2) is 42.5 Å². The number of Topliss-reactive ketones (excluding diaryl/α,β-unsaturated/α-hetero) is 1. The van der Waals surface area contributed by atoms with Crippen molar-refractivity contribution in [1.29, 1.82) is 0 Å². The molecule has 4 rings (SSSR count). The summed E-state index contributed by atoms with van der Waals surface area (Å²) in [6.45, 7) is 0.312. The molecule has 1 heterocycles. The molecule has 0 bridgehead atoms. The zero-order valence-electron chi connectivity index (χ0n) is 15.8. The maximum Gasteiger partial charge on any atom is 0.306 e. The average Bonchev–Trinajstić information content (AvgIpc) is 3.36. The summed E-state index contributed by atoms with van der Waals surface area (Å²) in [6, 6.07) is 13.5. The van der Waals surface area contributed by atoms with E-state index in [1.165, 1.54) is 11.1 Å². The summed E-state index contributed by atoms with van der Waals surface area (Å²) in [5.41, 5.74) is 5.22. The first-order valence-electron chi connectivity index (χ1n) is 9.81. The fourth-order valence-electron chi connectivity index (χ4n) is 3.99. The van der Waals surface area contributed by atoms with E-state index in [4.69, 9.17) is 4.74 Å². The van der Waals surface area contributed by atoms with Gasteiger partial charge in [-0.25, -0.2) is 0 Å². The number of hydrogen-bond donors (Lipinski definition) is 0. The second-order valence-electron chi connectivity index (χ2n) is 7.34. The minimum absolute atomic E-state index is 0.0141. The van der Waals surface area contributed by atoms with Crippen LogP contribution in [0.4, 0.5) is 5.69 Å². The van der Waals surface area contributed by atoms with Gasteiger partial charge in [-0.2, -0.15) is 0 Å². The highest BCUT2D eigenvalue weighted by Crippen LogP contribution is 2.27. The lowest BCUT2D eigenvalue weighted by Gasteiger charge is -2.17. The zero-order valence-corrected chi connectivity index (χ0v) is 15.8. The lowest BCUT2D eigenvalue weighted by atomic mass is 10.0. The number of nitrogens with zero attached hydrogens (tertiary/aromatic N) is 1. The van der Waals surface area contributed by atoms with Crippen molar-refractivity contribution in [2.75, 3.05) is 18.1 Å². The average molecular weight is 377 g/mol. The van der Waals surface area contributed by atoms with Crippen LogP contribution < -0.4 is 4.90 Å². The molecule has 1 amide bonds. The standard InChI is InChI=1S/C23H23NO4/c25-21(19-9-8-16-5-3-6-18(16)14-19)10-11-23(27)28-15-22(26)24-13-12-17-4-1-2-7-20(17)24/h1-2,4,7-9,14H,3,5-6,10-13,15H2. The van der Waals surface area contributed by atoms with Crippen molar-refractivity contribution in [3.05, 3.63) is 64.7 Å². The van der Waals surface area contributed by atoms with Gasteiger partial charge in [0.05, 0.1) is 6.42 Å². The Labute approximate surface area is 164 Å². The van der Waals surface area contributed by atoms with Gasteiger partial charge in [-0.1, -0.05) is 30.3 Å². The number of carbonyl (C=O) groups excluding carboxylic acids is 3. The van der Waals surface area contributed by atoms with Gasteiger partial charge in [0.15, 0.2) is 12.4 Å². The Hall–Kier alpha value is -2.95. The van der Waals surface area contributed by atoms with E-state index in [0.717, 1.165) is 36.9 Å². The number of anilines is 1. The van der Waals surface area contributed by atoms with E-state index in [9.17, 15) is 14.4 Å². The van der Waals surface area contributed by atoms with Crippen LogP contribution in [0.1, 0.15) is 46.3 Å². The van der Waals surface area contributed by atoms with E-state index < -0.39 is 5.97 Å². The summed E-state index contributed by atoms with van der Waals surface area (Å²) in [5.74, 6) is -0.815. The molecule has 2 aromatic carbocycles. The van der Waals surface area contributed by atoms with Gasteiger partial charge in [0, 0.05) is 24.2 Å². The highest BCUT2D eigenvalue weighted by molar-refractivity contribution is 5.99. The van der Waals surface area contributed by atoms with E-state index in [1.54, 1.807) is 4.90 Å². The molecular formula is C23H23NO4. The van der Waals surface area contributed by atoms with E-state index >= 15 is 0 Å². The monoisotopic (exact) mass is 377 g/mol. The first-order valence-corrected chi connectivity index (χ1v) is 9.81. The van der Waals surface area contributed by atoms with Gasteiger partial charge in [0.25, 0.3) is 5.91 Å². The third kappa shape index (κ3) is 3.84. The van der Waals surface area contributed by atoms with E-state index in [2.05, 4.69) is 0 Å². The molecule has 0 spiro atoms. The number of benzene rings is 2. The molecule has 0 saturated carbocycles. The number of hydrogen-bond acceptors (Lipinski definition) is 4. The van der Waals surface area contributed by atoms with Gasteiger partial charge in [-0.15, -0.1) is 0 Å². The summed E-state index contributed by atoms with van der Waals surface area (Å²) in [6.07, 6.45) is 4.12. The third-order valence-electron chi connectivity index (χ3n) is 5.52. The van der Waals surface area contributed by atoms with E-state index in [-0.39, 0.29) is 31.1 Å². The molecule has 2 aromatic rings. The zero-order chi connectivity index (χ0) is 19.5. The van der Waals surface area contributed by atoms with Crippen molar-refractivity contribution in [2.24, 2.45) is 0 Å². The molecule has 28 heavy (non-hydrogen) atoms. The summed E-state index contributed by atoms with van der Waals surface area (Å²) >= 11 is 0. The number of rotatable bonds is 6. The Morgan fingerprint density at radius 3 is 2.61 bits per heavy atom. The molecule has 0 N–H and O–H groups in total. The van der Waals surface area contributed by atoms with Crippen molar-refractivity contribution in [3.8, 4) is 0 Å². The van der Waals surface area contributed by atoms with Crippen LogP contribution in [-0.2, 0) is 33.6 Å². The van der Waals surface area contributed by atoms with Crippen molar-refractivity contribution in [3.63, 3.8) is 0 Å². The van der Waals surface area contributed by atoms with E-state index in [0.29, 0.717) is 12.1 Å². The van der Waals surface area contributed by atoms with Gasteiger partial charge in [0.2, 0.25) is 0 Å². The minimum atomic E-state index is -0.518. The maximum absolute atomic E-state index is 12.4. The summed E-state index contributed by atoms with van der Waals surface area (Å²) in [7, 11) is 0. The molecule has 0 fully saturated rings. The molecule has 5 heteroatoms. The van der Waals surface area contributed by atoms with Crippen LogP contribution in [0.2, 0.25) is 0 Å². The largest absolute Gasteiger partial charge is 0.456 e. The number of aryl methyl sites for hydroxylation is 2. The normalized spacial score (nSPS) is 14.5. The molecule has 2 aliphatic rings. The second kappa shape index (κ2) is 7.97. The number of ketones is 1. The molecule has 144 valence electrons. The molecule has 1 aliphatic heterocycles. The van der Waals surface area contributed by atoms with Crippen LogP contribution in [0.3, 0.4) is 0 Å². The van der Waals surface area contributed by atoms with Gasteiger partial charge in [0.1, 0.15) is 0 Å². The van der Waals surface area contributed by atoms with Crippen molar-refractivity contribution < 1.29 is 19.1 Å². The first-order chi connectivity index (χ1) is 13.6. The maximum atomic E-state index is 12.4. The number of amides is 1. The van der Waals surface area contributed by atoms with Crippen LogP contribution >= 0.6 is 0 Å². The first kappa shape index (κ1) is 18.4. The Kier molecular flexibility index (Phi) is 5.24.